The summed E-state index contributed by atoms with van der Waals surface area (Å²) >= 11 is 0. The molecule has 27 heavy (non-hydrogen) atoms. The Morgan fingerprint density at radius 2 is 2.15 bits per heavy atom. The van der Waals surface area contributed by atoms with Crippen molar-refractivity contribution in [1.29, 1.82) is 0 Å². The van der Waals surface area contributed by atoms with Crippen molar-refractivity contribution >= 4 is 35.8 Å². The molecular formula is C18H28IN5O3. The van der Waals surface area contributed by atoms with Crippen LogP contribution in [-0.2, 0) is 9.53 Å². The smallest absolute Gasteiger partial charge is 0.251 e. The highest BCUT2D eigenvalue weighted by Gasteiger charge is 2.30. The Kier molecular flexibility index (Phi) is 9.05. The molecule has 8 nitrogen and oxygen atoms in total. The zero-order valence-corrected chi connectivity index (χ0v) is 18.0. The van der Waals surface area contributed by atoms with Gasteiger partial charge in [0, 0.05) is 46.0 Å². The van der Waals surface area contributed by atoms with Gasteiger partial charge in [-0.1, -0.05) is 0 Å². The molecule has 1 unspecified atom stereocenters. The van der Waals surface area contributed by atoms with Gasteiger partial charge < -0.3 is 24.6 Å². The molecule has 0 spiro atoms. The highest BCUT2D eigenvalue weighted by atomic mass is 127. The van der Waals surface area contributed by atoms with Crippen LogP contribution in [0.15, 0.2) is 29.5 Å². The van der Waals surface area contributed by atoms with E-state index in [0.29, 0.717) is 32.8 Å². The van der Waals surface area contributed by atoms with Crippen LogP contribution in [0.5, 0.6) is 5.75 Å². The summed E-state index contributed by atoms with van der Waals surface area (Å²) in [6, 6.07) is 3.73. The topological polar surface area (TPSA) is 79.3 Å². The van der Waals surface area contributed by atoms with Crippen molar-refractivity contribution in [1.82, 2.24) is 20.1 Å². The van der Waals surface area contributed by atoms with Crippen molar-refractivity contribution in [2.24, 2.45) is 4.99 Å². The van der Waals surface area contributed by atoms with Crippen molar-refractivity contribution < 1.29 is 14.3 Å². The molecule has 1 atom stereocenters. The molecular weight excluding hydrogens is 461 g/mol. The Morgan fingerprint density at radius 1 is 1.37 bits per heavy atom. The van der Waals surface area contributed by atoms with E-state index >= 15 is 0 Å². The molecule has 1 aromatic heterocycles. The number of aliphatic imine (C=N–C) groups is 1. The summed E-state index contributed by atoms with van der Waals surface area (Å²) in [6.07, 6.45) is 5.01. The monoisotopic (exact) mass is 489 g/mol. The fourth-order valence-electron chi connectivity index (χ4n) is 3.21. The zero-order chi connectivity index (χ0) is 18.2. The molecule has 3 heterocycles. The lowest BCUT2D eigenvalue weighted by molar-refractivity contribution is -0.142. The summed E-state index contributed by atoms with van der Waals surface area (Å²) < 4.78 is 11.1. The number of rotatable bonds is 5. The lowest BCUT2D eigenvalue weighted by Crippen LogP contribution is -2.55. The second-order valence-electron chi connectivity index (χ2n) is 6.33. The van der Waals surface area contributed by atoms with Crippen LogP contribution >= 0.6 is 24.0 Å². The molecule has 2 aliphatic rings. The van der Waals surface area contributed by atoms with Crippen molar-refractivity contribution in [3.05, 3.63) is 24.5 Å². The number of aromatic nitrogens is 1. The lowest BCUT2D eigenvalue weighted by atomic mass is 10.2. The van der Waals surface area contributed by atoms with Crippen LogP contribution in [0, 0.1) is 0 Å². The van der Waals surface area contributed by atoms with Crippen LogP contribution in [0.3, 0.4) is 0 Å². The molecule has 0 radical (unpaired) electrons. The fraction of sp³-hybridized carbons (Fsp3) is 0.611. The molecule has 0 saturated carbocycles. The molecule has 1 aromatic rings. The zero-order valence-electron chi connectivity index (χ0n) is 15.7. The predicted octanol–water partition coefficient (Wildman–Crippen LogP) is 0.977. The maximum Gasteiger partial charge on any atom is 0.251 e. The molecule has 1 amide bonds. The molecule has 2 aliphatic heterocycles. The maximum atomic E-state index is 12.4. The third kappa shape index (κ3) is 6.20. The van der Waals surface area contributed by atoms with Crippen molar-refractivity contribution in [3.63, 3.8) is 0 Å². The van der Waals surface area contributed by atoms with Crippen LogP contribution < -0.4 is 10.1 Å². The van der Waals surface area contributed by atoms with Gasteiger partial charge in [-0.3, -0.25) is 14.8 Å². The molecule has 1 N–H and O–H groups in total. The molecule has 2 fully saturated rings. The number of halogens is 1. The number of carbonyl (C=O) groups excluding carboxylic acids is 1. The van der Waals surface area contributed by atoms with Crippen LogP contribution in [0.2, 0.25) is 0 Å². The maximum absolute atomic E-state index is 12.4. The summed E-state index contributed by atoms with van der Waals surface area (Å²) in [5.41, 5.74) is 0. The second kappa shape index (κ2) is 11.3. The van der Waals surface area contributed by atoms with Gasteiger partial charge in [0.1, 0.15) is 18.5 Å². The van der Waals surface area contributed by atoms with E-state index in [-0.39, 0.29) is 36.0 Å². The first-order valence-corrected chi connectivity index (χ1v) is 9.17. The molecule has 9 heteroatoms. The van der Waals surface area contributed by atoms with E-state index in [1.807, 2.05) is 17.0 Å². The Hall–Kier alpha value is -1.62. The second-order valence-corrected chi connectivity index (χ2v) is 6.33. The number of carbonyl (C=O) groups is 1. The number of amides is 1. The third-order valence-corrected chi connectivity index (χ3v) is 4.60. The number of nitrogens with one attached hydrogen (secondary N) is 1. The molecule has 2 saturated heterocycles. The summed E-state index contributed by atoms with van der Waals surface area (Å²) in [5, 5.41) is 3.31. The van der Waals surface area contributed by atoms with Gasteiger partial charge in [-0.15, -0.1) is 24.0 Å². The first-order chi connectivity index (χ1) is 12.8. The number of ether oxygens (including phenoxy) is 2. The highest BCUT2D eigenvalue weighted by Crippen LogP contribution is 2.16. The Bertz CT molecular complexity index is 602. The van der Waals surface area contributed by atoms with Crippen molar-refractivity contribution in [2.45, 2.75) is 18.9 Å². The van der Waals surface area contributed by atoms with Crippen molar-refractivity contribution in [3.8, 4) is 5.75 Å². The normalized spacial score (nSPS) is 20.2. The van der Waals surface area contributed by atoms with Gasteiger partial charge in [-0.2, -0.15) is 0 Å². The Labute approximate surface area is 177 Å². The van der Waals surface area contributed by atoms with E-state index in [1.54, 1.807) is 19.4 Å². The van der Waals surface area contributed by atoms with Crippen LogP contribution in [-0.4, -0.2) is 85.7 Å². The lowest BCUT2D eigenvalue weighted by Gasteiger charge is -2.37. The van der Waals surface area contributed by atoms with E-state index < -0.39 is 0 Å². The molecule has 0 aliphatic carbocycles. The largest absolute Gasteiger partial charge is 0.490 e. The average molecular weight is 489 g/mol. The van der Waals surface area contributed by atoms with E-state index in [2.05, 4.69) is 20.2 Å². The molecule has 150 valence electrons. The van der Waals surface area contributed by atoms with Gasteiger partial charge in [0.2, 0.25) is 0 Å². The predicted molar refractivity (Wildman–Crippen MR) is 114 cm³/mol. The molecule has 0 aromatic carbocycles. The molecule has 3 rings (SSSR count). The number of nitrogens with zero attached hydrogens (tertiary/aromatic N) is 4. The van der Waals surface area contributed by atoms with Crippen molar-refractivity contribution in [2.75, 3.05) is 53.0 Å². The van der Waals surface area contributed by atoms with Crippen LogP contribution in [0.25, 0.3) is 0 Å². The number of pyridine rings is 1. The first kappa shape index (κ1) is 21.7. The summed E-state index contributed by atoms with van der Waals surface area (Å²) in [5.74, 6) is 1.73. The minimum Gasteiger partial charge on any atom is -0.490 e. The van der Waals surface area contributed by atoms with Gasteiger partial charge in [0.15, 0.2) is 5.96 Å². The van der Waals surface area contributed by atoms with Crippen LogP contribution in [0.1, 0.15) is 12.8 Å². The minimum absolute atomic E-state index is 0. The Balaban J connectivity index is 0.00000261. The Morgan fingerprint density at radius 3 is 2.78 bits per heavy atom. The first-order valence-electron chi connectivity index (χ1n) is 9.17. The number of hydrogen-bond acceptors (Lipinski definition) is 5. The van der Waals surface area contributed by atoms with E-state index in [0.717, 1.165) is 37.6 Å². The number of hydrogen-bond donors (Lipinski definition) is 1. The minimum atomic E-state index is -0.233. The fourth-order valence-corrected chi connectivity index (χ4v) is 3.21. The van der Waals surface area contributed by atoms with Gasteiger partial charge >= 0.3 is 0 Å². The summed E-state index contributed by atoms with van der Waals surface area (Å²) in [7, 11) is 1.77. The number of guanidine groups is 1. The standard InChI is InChI=1S/C18H27N5O3.HI/c1-19-18(21-7-13-25-15-4-2-6-20-14-15)23-10-8-22(9-11-23)17(24)16-5-3-12-26-16;/h2,4,6,14,16H,3,5,7-13H2,1H3,(H,19,21);1H. The quantitative estimate of drug-likeness (QED) is 0.288. The van der Waals surface area contributed by atoms with E-state index in [4.69, 9.17) is 9.47 Å². The third-order valence-electron chi connectivity index (χ3n) is 4.60. The molecule has 0 bridgehead atoms. The van der Waals surface area contributed by atoms with Gasteiger partial charge in [0.05, 0.1) is 12.7 Å². The number of piperazine rings is 1. The highest BCUT2D eigenvalue weighted by molar-refractivity contribution is 14.0. The van der Waals surface area contributed by atoms with E-state index in [9.17, 15) is 4.79 Å². The van der Waals surface area contributed by atoms with Crippen LogP contribution in [0.4, 0.5) is 0 Å². The van der Waals surface area contributed by atoms with Gasteiger partial charge in [-0.05, 0) is 25.0 Å². The van der Waals surface area contributed by atoms with Gasteiger partial charge in [-0.25, -0.2) is 0 Å². The average Bonchev–Trinajstić information content (AvgIpc) is 3.23. The van der Waals surface area contributed by atoms with Gasteiger partial charge in [0.25, 0.3) is 5.91 Å². The SMILES string of the molecule is CN=C(NCCOc1cccnc1)N1CCN(C(=O)C2CCCO2)CC1.I. The summed E-state index contributed by atoms with van der Waals surface area (Å²) in [6.45, 7) is 4.81. The summed E-state index contributed by atoms with van der Waals surface area (Å²) in [4.78, 5) is 24.8. The van der Waals surface area contributed by atoms with E-state index in [1.165, 1.54) is 0 Å².